The van der Waals surface area contributed by atoms with Crippen LogP contribution >= 0.6 is 34.2 Å². The zero-order valence-corrected chi connectivity index (χ0v) is 14.9. The number of halogens is 2. The average molecular weight is 418 g/mol. The van der Waals surface area contributed by atoms with Gasteiger partial charge in [0.2, 0.25) is 0 Å². The Hall–Kier alpha value is -0.920. The molecule has 0 bridgehead atoms. The van der Waals surface area contributed by atoms with Crippen LogP contribution in [0, 0.1) is 3.57 Å². The first-order chi connectivity index (χ1) is 10.2. The van der Waals surface area contributed by atoms with Crippen LogP contribution in [0.2, 0.25) is 5.02 Å². The number of anilines is 1. The number of nitrogens with one attached hydrogen (secondary N) is 1. The van der Waals surface area contributed by atoms with E-state index < -0.39 is 0 Å². The largest absolute Gasteiger partial charge is 0.378 e. The van der Waals surface area contributed by atoms with Crippen LogP contribution in [-0.2, 0) is 11.3 Å². The lowest BCUT2D eigenvalue weighted by Crippen LogP contribution is -2.09. The van der Waals surface area contributed by atoms with Gasteiger partial charge in [-0.05, 0) is 53.3 Å². The molecule has 0 atom stereocenters. The summed E-state index contributed by atoms with van der Waals surface area (Å²) in [6.45, 7) is 3.46. The zero-order chi connectivity index (χ0) is 15.2. The van der Waals surface area contributed by atoms with Crippen LogP contribution in [0.15, 0.2) is 24.3 Å². The van der Waals surface area contributed by atoms with Gasteiger partial charge in [-0.2, -0.15) is 0 Å². The van der Waals surface area contributed by atoms with Crippen molar-refractivity contribution in [2.45, 2.75) is 20.0 Å². The van der Waals surface area contributed by atoms with E-state index in [2.05, 4.69) is 44.8 Å². The second-order valence-corrected chi connectivity index (χ2v) is 6.04. The van der Waals surface area contributed by atoms with E-state index in [0.29, 0.717) is 17.5 Å². The maximum atomic E-state index is 5.93. The lowest BCUT2D eigenvalue weighted by molar-refractivity contribution is 0.181. The van der Waals surface area contributed by atoms with Crippen molar-refractivity contribution in [3.05, 3.63) is 38.6 Å². The molecule has 0 spiro atoms. The molecule has 0 aliphatic carbocycles. The molecule has 1 heterocycles. The molecule has 0 aliphatic heterocycles. The van der Waals surface area contributed by atoms with E-state index in [1.165, 1.54) is 0 Å². The number of methoxy groups -OCH3 is 1. The number of rotatable bonds is 6. The van der Waals surface area contributed by atoms with E-state index in [1.54, 1.807) is 7.11 Å². The first-order valence-corrected chi connectivity index (χ1v) is 8.16. The van der Waals surface area contributed by atoms with E-state index in [-0.39, 0.29) is 0 Å². The Kier molecular flexibility index (Phi) is 6.20. The van der Waals surface area contributed by atoms with Gasteiger partial charge in [-0.15, -0.1) is 0 Å². The third-order valence-corrected chi connectivity index (χ3v) is 4.23. The van der Waals surface area contributed by atoms with Crippen LogP contribution in [-0.4, -0.2) is 23.6 Å². The van der Waals surface area contributed by atoms with Crippen molar-refractivity contribution in [2.24, 2.45) is 0 Å². The fraction of sp³-hybridized carbons (Fsp3) is 0.333. The minimum absolute atomic E-state index is 0.461. The molecule has 2 aromatic rings. The Bertz CT molecular complexity index is 605. The standard InChI is InChI=1S/C15H17ClIN3O/c1-3-8-18-15-13(17)12(9-21-2)19-14(20-15)10-4-6-11(16)7-5-10/h4-7H,3,8-9H2,1-2H3,(H,18,19,20). The van der Waals surface area contributed by atoms with Crippen molar-refractivity contribution < 1.29 is 4.74 Å². The molecule has 1 N–H and O–H groups in total. The first kappa shape index (κ1) is 16.5. The molecule has 0 saturated heterocycles. The Morgan fingerprint density at radius 2 is 1.95 bits per heavy atom. The van der Waals surface area contributed by atoms with Gasteiger partial charge < -0.3 is 10.1 Å². The van der Waals surface area contributed by atoms with E-state index >= 15 is 0 Å². The number of hydrogen-bond donors (Lipinski definition) is 1. The number of aromatic nitrogens is 2. The fourth-order valence-electron chi connectivity index (χ4n) is 1.81. The van der Waals surface area contributed by atoms with Crippen LogP contribution < -0.4 is 5.32 Å². The van der Waals surface area contributed by atoms with Crippen molar-refractivity contribution in [3.63, 3.8) is 0 Å². The summed E-state index contributed by atoms with van der Waals surface area (Å²) in [7, 11) is 1.67. The molecule has 1 aromatic heterocycles. The van der Waals surface area contributed by atoms with Gasteiger partial charge in [-0.3, -0.25) is 0 Å². The molecule has 112 valence electrons. The predicted molar refractivity (Wildman–Crippen MR) is 94.7 cm³/mol. The van der Waals surface area contributed by atoms with E-state index in [9.17, 15) is 0 Å². The molecule has 6 heteroatoms. The molecular formula is C15H17ClIN3O. The highest BCUT2D eigenvalue weighted by molar-refractivity contribution is 14.1. The predicted octanol–water partition coefficient (Wildman–Crippen LogP) is 4.37. The van der Waals surface area contributed by atoms with Crippen LogP contribution in [0.1, 0.15) is 19.0 Å². The lowest BCUT2D eigenvalue weighted by atomic mass is 10.2. The maximum absolute atomic E-state index is 5.93. The normalized spacial score (nSPS) is 10.7. The SMILES string of the molecule is CCCNc1nc(-c2ccc(Cl)cc2)nc(COC)c1I. The summed E-state index contributed by atoms with van der Waals surface area (Å²) in [5, 5.41) is 4.04. The van der Waals surface area contributed by atoms with Crippen LogP contribution in [0.3, 0.4) is 0 Å². The van der Waals surface area contributed by atoms with E-state index in [4.69, 9.17) is 16.3 Å². The van der Waals surface area contributed by atoms with Crippen LogP contribution in [0.25, 0.3) is 11.4 Å². The van der Waals surface area contributed by atoms with Crippen molar-refractivity contribution >= 4 is 40.0 Å². The summed E-state index contributed by atoms with van der Waals surface area (Å²) in [5.41, 5.74) is 1.82. The maximum Gasteiger partial charge on any atom is 0.161 e. The van der Waals surface area contributed by atoms with Crippen molar-refractivity contribution in [3.8, 4) is 11.4 Å². The lowest BCUT2D eigenvalue weighted by Gasteiger charge is -2.12. The van der Waals surface area contributed by atoms with E-state index in [1.807, 2.05) is 24.3 Å². The van der Waals surface area contributed by atoms with Gasteiger partial charge in [0.25, 0.3) is 0 Å². The van der Waals surface area contributed by atoms with Gasteiger partial charge in [0.15, 0.2) is 5.82 Å². The van der Waals surface area contributed by atoms with Gasteiger partial charge in [0.1, 0.15) is 5.82 Å². The van der Waals surface area contributed by atoms with Crippen molar-refractivity contribution in [2.75, 3.05) is 19.0 Å². The summed E-state index contributed by atoms with van der Waals surface area (Å²) < 4.78 is 6.23. The Balaban J connectivity index is 2.44. The molecule has 0 fully saturated rings. The summed E-state index contributed by atoms with van der Waals surface area (Å²) in [6.07, 6.45) is 1.04. The zero-order valence-electron chi connectivity index (χ0n) is 12.0. The number of ether oxygens (including phenoxy) is 1. The molecule has 0 aliphatic rings. The summed E-state index contributed by atoms with van der Waals surface area (Å²) in [5.74, 6) is 1.53. The molecule has 1 aromatic carbocycles. The fourth-order valence-corrected chi connectivity index (χ4v) is 2.53. The second-order valence-electron chi connectivity index (χ2n) is 4.52. The quantitative estimate of drug-likeness (QED) is 0.709. The summed E-state index contributed by atoms with van der Waals surface area (Å²) in [4.78, 5) is 9.23. The van der Waals surface area contributed by atoms with Crippen LogP contribution in [0.4, 0.5) is 5.82 Å². The second kappa shape index (κ2) is 7.91. The molecule has 21 heavy (non-hydrogen) atoms. The number of nitrogens with zero attached hydrogens (tertiary/aromatic N) is 2. The van der Waals surface area contributed by atoms with Gasteiger partial charge in [0.05, 0.1) is 15.9 Å². The molecular weight excluding hydrogens is 401 g/mol. The summed E-state index contributed by atoms with van der Waals surface area (Å²) in [6, 6.07) is 7.52. The minimum atomic E-state index is 0.461. The number of hydrogen-bond acceptors (Lipinski definition) is 4. The number of benzene rings is 1. The third kappa shape index (κ3) is 4.28. The Morgan fingerprint density at radius 1 is 1.24 bits per heavy atom. The van der Waals surface area contributed by atoms with Gasteiger partial charge in [-0.25, -0.2) is 9.97 Å². The smallest absolute Gasteiger partial charge is 0.161 e. The molecule has 0 saturated carbocycles. The van der Waals surface area contributed by atoms with Crippen molar-refractivity contribution in [1.82, 2.24) is 9.97 Å². The first-order valence-electron chi connectivity index (χ1n) is 6.70. The third-order valence-electron chi connectivity index (χ3n) is 2.85. The van der Waals surface area contributed by atoms with Gasteiger partial charge in [0, 0.05) is 24.2 Å². The highest BCUT2D eigenvalue weighted by Crippen LogP contribution is 2.25. The molecule has 0 radical (unpaired) electrons. The highest BCUT2D eigenvalue weighted by atomic mass is 127. The Morgan fingerprint density at radius 3 is 2.57 bits per heavy atom. The average Bonchev–Trinajstić information content (AvgIpc) is 2.49. The molecule has 2 rings (SSSR count). The highest BCUT2D eigenvalue weighted by Gasteiger charge is 2.13. The van der Waals surface area contributed by atoms with Gasteiger partial charge >= 0.3 is 0 Å². The molecule has 4 nitrogen and oxygen atoms in total. The monoisotopic (exact) mass is 417 g/mol. The topological polar surface area (TPSA) is 47.0 Å². The van der Waals surface area contributed by atoms with Gasteiger partial charge in [-0.1, -0.05) is 18.5 Å². The van der Waals surface area contributed by atoms with E-state index in [0.717, 1.165) is 33.6 Å². The molecule has 0 amide bonds. The minimum Gasteiger partial charge on any atom is -0.378 e. The molecule has 0 unspecified atom stereocenters. The van der Waals surface area contributed by atoms with Crippen molar-refractivity contribution in [1.29, 1.82) is 0 Å². The summed E-state index contributed by atoms with van der Waals surface area (Å²) >= 11 is 8.19. The Labute approximate surface area is 143 Å². The van der Waals surface area contributed by atoms with Crippen LogP contribution in [0.5, 0.6) is 0 Å².